The van der Waals surface area contributed by atoms with E-state index >= 15 is 0 Å². The number of anilines is 1. The van der Waals surface area contributed by atoms with Crippen LogP contribution >= 0.6 is 0 Å². The highest BCUT2D eigenvalue weighted by molar-refractivity contribution is 6.05. The van der Waals surface area contributed by atoms with E-state index in [9.17, 15) is 31.1 Å². The zero-order valence-corrected chi connectivity index (χ0v) is 13.0. The predicted octanol–water partition coefficient (Wildman–Crippen LogP) is 4.14. The lowest BCUT2D eigenvalue weighted by molar-refractivity contribution is -0.138. The number of halogens is 6. The third-order valence-electron chi connectivity index (χ3n) is 4.17. The highest BCUT2D eigenvalue weighted by Crippen LogP contribution is 2.41. The van der Waals surface area contributed by atoms with Gasteiger partial charge in [-0.1, -0.05) is 18.2 Å². The van der Waals surface area contributed by atoms with Gasteiger partial charge in [-0.15, -0.1) is 0 Å². The molecule has 3 rings (SSSR count). The molecule has 1 aliphatic rings. The molecule has 1 heterocycles. The van der Waals surface area contributed by atoms with E-state index in [-0.39, 0.29) is 5.69 Å². The van der Waals surface area contributed by atoms with Gasteiger partial charge < -0.3 is 10.6 Å². The molecule has 2 aromatic rings. The van der Waals surface area contributed by atoms with Crippen molar-refractivity contribution in [3.05, 3.63) is 65.2 Å². The zero-order valence-electron chi connectivity index (χ0n) is 13.0. The van der Waals surface area contributed by atoms with Crippen LogP contribution < -0.4 is 10.6 Å². The molecule has 0 radical (unpaired) electrons. The van der Waals surface area contributed by atoms with Crippen molar-refractivity contribution in [3.8, 4) is 0 Å². The molecular weight excluding hydrogens is 362 g/mol. The molecule has 138 valence electrons. The lowest BCUT2D eigenvalue weighted by atomic mass is 9.87. The van der Waals surface area contributed by atoms with E-state index in [1.807, 2.05) is 0 Å². The molecule has 0 saturated carbocycles. The molecule has 0 aliphatic carbocycles. The number of hydrogen-bond donors (Lipinski definition) is 1. The summed E-state index contributed by atoms with van der Waals surface area (Å²) in [5.74, 6) is -0.603. The van der Waals surface area contributed by atoms with Crippen LogP contribution in [0.1, 0.15) is 22.7 Å². The summed E-state index contributed by atoms with van der Waals surface area (Å²) in [6.07, 6.45) is -9.10. The van der Waals surface area contributed by atoms with Crippen LogP contribution in [-0.2, 0) is 17.1 Å². The van der Waals surface area contributed by atoms with Crippen LogP contribution in [0.5, 0.6) is 0 Å². The summed E-state index contributed by atoms with van der Waals surface area (Å²) in [5, 5.41) is 0. The summed E-state index contributed by atoms with van der Waals surface area (Å²) in [5.41, 5.74) is 4.22. The maximum Gasteiger partial charge on any atom is 0.416 e. The van der Waals surface area contributed by atoms with E-state index < -0.39 is 41.5 Å². The van der Waals surface area contributed by atoms with Crippen molar-refractivity contribution in [1.82, 2.24) is 0 Å². The average Bonchev–Trinajstić information content (AvgIpc) is 2.57. The van der Waals surface area contributed by atoms with Gasteiger partial charge in [-0.3, -0.25) is 4.79 Å². The Morgan fingerprint density at radius 2 is 1.42 bits per heavy atom. The number of rotatable bonds is 2. The summed E-state index contributed by atoms with van der Waals surface area (Å²) in [4.78, 5) is 13.1. The molecule has 2 atom stereocenters. The summed E-state index contributed by atoms with van der Waals surface area (Å²) in [6, 6.07) is 6.27. The Kier molecular flexibility index (Phi) is 4.22. The number of benzene rings is 2. The third-order valence-corrected chi connectivity index (χ3v) is 4.17. The van der Waals surface area contributed by atoms with Crippen LogP contribution in [0, 0.1) is 0 Å². The van der Waals surface area contributed by atoms with Gasteiger partial charge in [0.05, 0.1) is 17.2 Å². The van der Waals surface area contributed by atoms with Crippen LogP contribution in [0.3, 0.4) is 0 Å². The van der Waals surface area contributed by atoms with Crippen molar-refractivity contribution < 1.29 is 31.1 Å². The second-order valence-corrected chi connectivity index (χ2v) is 5.85. The topological polar surface area (TPSA) is 46.3 Å². The van der Waals surface area contributed by atoms with Crippen LogP contribution in [0.25, 0.3) is 0 Å². The van der Waals surface area contributed by atoms with Crippen molar-refractivity contribution in [2.45, 2.75) is 24.4 Å². The number of hydrogen-bond acceptors (Lipinski definition) is 2. The molecule has 0 spiro atoms. The normalized spacial score (nSPS) is 20.9. The van der Waals surface area contributed by atoms with Gasteiger partial charge in [-0.25, -0.2) is 0 Å². The zero-order chi connectivity index (χ0) is 19.3. The minimum Gasteiger partial charge on any atom is -0.318 e. The minimum atomic E-state index is -4.59. The summed E-state index contributed by atoms with van der Waals surface area (Å²) >= 11 is 0. The maximum atomic E-state index is 12.9. The second kappa shape index (κ2) is 6.01. The molecule has 0 unspecified atom stereocenters. The average molecular weight is 374 g/mol. The Hall–Kier alpha value is -2.55. The van der Waals surface area contributed by atoms with Crippen molar-refractivity contribution in [2.24, 2.45) is 5.73 Å². The molecule has 1 saturated heterocycles. The van der Waals surface area contributed by atoms with Gasteiger partial charge in [0.1, 0.15) is 6.04 Å². The standard InChI is InChI=1S/C17H12F6N2O/c18-16(19,20)10-6-4-9(5-7-10)14-13(24)15(26)25(14)12-3-1-2-11(8-12)17(21,22)23/h1-8,13-14H,24H2/t13-,14+/m1/s1. The Morgan fingerprint density at radius 1 is 0.846 bits per heavy atom. The predicted molar refractivity (Wildman–Crippen MR) is 81.1 cm³/mol. The first-order valence-electron chi connectivity index (χ1n) is 7.43. The minimum absolute atomic E-state index is 0.0172. The van der Waals surface area contributed by atoms with Gasteiger partial charge >= 0.3 is 12.4 Å². The molecule has 0 bridgehead atoms. The molecule has 26 heavy (non-hydrogen) atoms. The number of amides is 1. The fraction of sp³-hybridized carbons (Fsp3) is 0.235. The lowest BCUT2D eigenvalue weighted by Crippen LogP contribution is -2.63. The van der Waals surface area contributed by atoms with Gasteiger partial charge in [0, 0.05) is 5.69 Å². The molecule has 2 N–H and O–H groups in total. The summed E-state index contributed by atoms with van der Waals surface area (Å²) in [6.45, 7) is 0. The van der Waals surface area contributed by atoms with E-state index in [4.69, 9.17) is 5.73 Å². The van der Waals surface area contributed by atoms with E-state index in [0.29, 0.717) is 5.56 Å². The summed E-state index contributed by atoms with van der Waals surface area (Å²) in [7, 11) is 0. The van der Waals surface area contributed by atoms with E-state index in [1.165, 1.54) is 18.2 Å². The Balaban J connectivity index is 1.94. The highest BCUT2D eigenvalue weighted by Gasteiger charge is 2.47. The maximum absolute atomic E-state index is 12.9. The first-order chi connectivity index (χ1) is 12.0. The number of carbonyl (C=O) groups is 1. The van der Waals surface area contributed by atoms with E-state index in [0.717, 1.165) is 35.2 Å². The smallest absolute Gasteiger partial charge is 0.318 e. The van der Waals surface area contributed by atoms with Gasteiger partial charge in [-0.05, 0) is 35.9 Å². The number of alkyl halides is 6. The van der Waals surface area contributed by atoms with Crippen LogP contribution in [0.2, 0.25) is 0 Å². The molecule has 9 heteroatoms. The summed E-state index contributed by atoms with van der Waals surface area (Å²) < 4.78 is 76.6. The number of β-lactam (4-membered cyclic amide) rings is 1. The van der Waals surface area contributed by atoms with Gasteiger partial charge in [0.2, 0.25) is 5.91 Å². The molecule has 0 aromatic heterocycles. The van der Waals surface area contributed by atoms with Gasteiger partial charge in [0.15, 0.2) is 0 Å². The molecular formula is C17H12F6N2O. The fourth-order valence-electron chi connectivity index (χ4n) is 2.86. The van der Waals surface area contributed by atoms with Crippen LogP contribution in [-0.4, -0.2) is 11.9 Å². The van der Waals surface area contributed by atoms with E-state index in [2.05, 4.69) is 0 Å². The van der Waals surface area contributed by atoms with Crippen molar-refractivity contribution in [3.63, 3.8) is 0 Å². The Morgan fingerprint density at radius 3 is 1.96 bits per heavy atom. The molecule has 2 aromatic carbocycles. The van der Waals surface area contributed by atoms with Gasteiger partial charge in [0.25, 0.3) is 0 Å². The van der Waals surface area contributed by atoms with Gasteiger partial charge in [-0.2, -0.15) is 26.3 Å². The first kappa shape index (κ1) is 18.2. The van der Waals surface area contributed by atoms with Crippen molar-refractivity contribution >= 4 is 11.6 Å². The number of nitrogens with zero attached hydrogens (tertiary/aromatic N) is 1. The molecule has 3 nitrogen and oxygen atoms in total. The first-order valence-corrected chi connectivity index (χ1v) is 7.43. The Labute approximate surface area is 144 Å². The van der Waals surface area contributed by atoms with Crippen LogP contribution in [0.15, 0.2) is 48.5 Å². The van der Waals surface area contributed by atoms with Crippen molar-refractivity contribution in [2.75, 3.05) is 4.90 Å². The van der Waals surface area contributed by atoms with Crippen LogP contribution in [0.4, 0.5) is 32.0 Å². The quantitative estimate of drug-likeness (QED) is 0.634. The molecule has 1 amide bonds. The number of carbonyl (C=O) groups excluding carboxylic acids is 1. The Bertz CT molecular complexity index is 828. The second-order valence-electron chi connectivity index (χ2n) is 5.85. The SMILES string of the molecule is N[C@H]1C(=O)N(c2cccc(C(F)(F)F)c2)[C@H]1c1ccc(C(F)(F)F)cc1. The largest absolute Gasteiger partial charge is 0.416 e. The fourth-order valence-corrected chi connectivity index (χ4v) is 2.86. The van der Waals surface area contributed by atoms with E-state index in [1.54, 1.807) is 0 Å². The monoisotopic (exact) mass is 374 g/mol. The molecule has 1 aliphatic heterocycles. The van der Waals surface area contributed by atoms with Crippen molar-refractivity contribution in [1.29, 1.82) is 0 Å². The lowest BCUT2D eigenvalue weighted by Gasteiger charge is -2.45. The third kappa shape index (κ3) is 3.14. The molecule has 1 fully saturated rings. The number of nitrogens with two attached hydrogens (primary N) is 1. The highest BCUT2D eigenvalue weighted by atomic mass is 19.4.